The largest absolute Gasteiger partial charge is 0.460 e. The molecule has 88 valence electrons. The first-order chi connectivity index (χ1) is 8.22. The first kappa shape index (κ1) is 13.0. The zero-order valence-corrected chi connectivity index (χ0v) is 9.73. The highest BCUT2D eigenvalue weighted by Gasteiger charge is 2.08. The maximum absolute atomic E-state index is 11.3. The predicted molar refractivity (Wildman–Crippen MR) is 63.9 cm³/mol. The van der Waals surface area contributed by atoms with Crippen molar-refractivity contribution in [3.05, 3.63) is 35.9 Å². The number of hydrogen-bond acceptors (Lipinski definition) is 3. The maximum Gasteiger partial charge on any atom is 0.314 e. The van der Waals surface area contributed by atoms with E-state index in [4.69, 9.17) is 4.74 Å². The standard InChI is InChI=1S/C14H14O3/c1-2-3-9-13(15)10-14(16)17-11-12-7-5-4-6-8-12/h4-8H,2,10-11H2,1H3. The lowest BCUT2D eigenvalue weighted by atomic mass is 10.2. The van der Waals surface area contributed by atoms with E-state index in [9.17, 15) is 9.59 Å². The summed E-state index contributed by atoms with van der Waals surface area (Å²) in [5, 5.41) is 0. The van der Waals surface area contributed by atoms with Crippen LogP contribution in [-0.4, -0.2) is 11.8 Å². The number of hydrogen-bond donors (Lipinski definition) is 0. The lowest BCUT2D eigenvalue weighted by Gasteiger charge is -2.02. The van der Waals surface area contributed by atoms with Crippen molar-refractivity contribution < 1.29 is 14.3 Å². The fourth-order valence-electron chi connectivity index (χ4n) is 1.15. The van der Waals surface area contributed by atoms with Gasteiger partial charge < -0.3 is 4.74 Å². The third-order valence-corrected chi connectivity index (χ3v) is 1.95. The van der Waals surface area contributed by atoms with Crippen molar-refractivity contribution in [2.24, 2.45) is 0 Å². The van der Waals surface area contributed by atoms with Crippen LogP contribution in [0, 0.1) is 11.8 Å². The van der Waals surface area contributed by atoms with Crippen molar-refractivity contribution in [3.63, 3.8) is 0 Å². The second-order valence-electron chi connectivity index (χ2n) is 3.40. The van der Waals surface area contributed by atoms with Crippen molar-refractivity contribution in [2.45, 2.75) is 26.4 Å². The predicted octanol–water partition coefficient (Wildman–Crippen LogP) is 2.10. The lowest BCUT2D eigenvalue weighted by Crippen LogP contribution is -2.09. The molecule has 0 saturated heterocycles. The van der Waals surface area contributed by atoms with Gasteiger partial charge >= 0.3 is 5.97 Å². The van der Waals surface area contributed by atoms with Gasteiger partial charge in [0.25, 0.3) is 0 Å². The van der Waals surface area contributed by atoms with E-state index in [-0.39, 0.29) is 13.0 Å². The number of carbonyl (C=O) groups excluding carboxylic acids is 2. The van der Waals surface area contributed by atoms with Crippen LogP contribution < -0.4 is 0 Å². The maximum atomic E-state index is 11.3. The highest BCUT2D eigenvalue weighted by Crippen LogP contribution is 2.01. The van der Waals surface area contributed by atoms with Crippen molar-refractivity contribution in [2.75, 3.05) is 0 Å². The quantitative estimate of drug-likeness (QED) is 0.344. The number of carbonyl (C=O) groups is 2. The van der Waals surface area contributed by atoms with Crippen molar-refractivity contribution in [3.8, 4) is 11.8 Å². The average molecular weight is 230 g/mol. The molecule has 0 aromatic heterocycles. The van der Waals surface area contributed by atoms with Gasteiger partial charge in [-0.2, -0.15) is 0 Å². The highest BCUT2D eigenvalue weighted by atomic mass is 16.5. The summed E-state index contributed by atoms with van der Waals surface area (Å²) in [5.74, 6) is 4.06. The normalized spacial score (nSPS) is 9.00. The van der Waals surface area contributed by atoms with Crippen LogP contribution in [0.5, 0.6) is 0 Å². The zero-order valence-electron chi connectivity index (χ0n) is 9.73. The summed E-state index contributed by atoms with van der Waals surface area (Å²) in [6.45, 7) is 2.03. The fraction of sp³-hybridized carbons (Fsp3) is 0.286. The molecule has 3 nitrogen and oxygen atoms in total. The summed E-state index contributed by atoms with van der Waals surface area (Å²) in [6.07, 6.45) is 0.324. The van der Waals surface area contributed by atoms with E-state index >= 15 is 0 Å². The molecule has 0 fully saturated rings. The Morgan fingerprint density at radius 1 is 1.24 bits per heavy atom. The average Bonchev–Trinajstić information content (AvgIpc) is 2.35. The Hall–Kier alpha value is -2.08. The minimum Gasteiger partial charge on any atom is -0.460 e. The minimum absolute atomic E-state index is 0.189. The number of rotatable bonds is 4. The third kappa shape index (κ3) is 5.53. The van der Waals surface area contributed by atoms with Crippen LogP contribution in [0.3, 0.4) is 0 Å². The van der Waals surface area contributed by atoms with Crippen LogP contribution in [0.25, 0.3) is 0 Å². The molecule has 0 aliphatic carbocycles. The molecule has 0 saturated carbocycles. The molecule has 1 aromatic rings. The van der Waals surface area contributed by atoms with Gasteiger partial charge in [-0.3, -0.25) is 9.59 Å². The van der Waals surface area contributed by atoms with E-state index in [0.717, 1.165) is 5.56 Å². The molecule has 0 amide bonds. The molecule has 0 radical (unpaired) electrons. The van der Waals surface area contributed by atoms with Crippen LogP contribution in [0.2, 0.25) is 0 Å². The van der Waals surface area contributed by atoms with E-state index in [1.54, 1.807) is 0 Å². The summed E-state index contributed by atoms with van der Waals surface area (Å²) < 4.78 is 4.95. The molecule has 0 N–H and O–H groups in total. The van der Waals surface area contributed by atoms with Gasteiger partial charge in [-0.15, -0.1) is 0 Å². The van der Waals surface area contributed by atoms with Gasteiger partial charge in [0.15, 0.2) is 0 Å². The van der Waals surface area contributed by atoms with Crippen molar-refractivity contribution >= 4 is 11.8 Å². The van der Waals surface area contributed by atoms with Gasteiger partial charge in [0, 0.05) is 6.42 Å². The zero-order chi connectivity index (χ0) is 12.5. The van der Waals surface area contributed by atoms with Gasteiger partial charge in [0.1, 0.15) is 13.0 Å². The summed E-state index contributed by atoms with van der Waals surface area (Å²) >= 11 is 0. The molecule has 0 unspecified atom stereocenters. The van der Waals surface area contributed by atoms with E-state index in [0.29, 0.717) is 6.42 Å². The van der Waals surface area contributed by atoms with Gasteiger partial charge in [-0.05, 0) is 11.5 Å². The number of ketones is 1. The second-order valence-corrected chi connectivity index (χ2v) is 3.40. The van der Waals surface area contributed by atoms with Crippen molar-refractivity contribution in [1.82, 2.24) is 0 Å². The molecule has 0 bridgehead atoms. The first-order valence-electron chi connectivity index (χ1n) is 5.43. The van der Waals surface area contributed by atoms with Gasteiger partial charge in [-0.1, -0.05) is 43.2 Å². The monoisotopic (exact) mass is 230 g/mol. The van der Waals surface area contributed by atoms with E-state index in [1.165, 1.54) is 0 Å². The molecule has 3 heteroatoms. The smallest absolute Gasteiger partial charge is 0.314 e. The molecule has 0 heterocycles. The lowest BCUT2D eigenvalue weighted by molar-refractivity contribution is -0.146. The molecular formula is C14H14O3. The number of esters is 1. The molecule has 1 aromatic carbocycles. The van der Waals surface area contributed by atoms with E-state index < -0.39 is 11.8 Å². The third-order valence-electron chi connectivity index (χ3n) is 1.95. The molecule has 17 heavy (non-hydrogen) atoms. The van der Waals surface area contributed by atoms with E-state index in [2.05, 4.69) is 11.8 Å². The summed E-state index contributed by atoms with van der Waals surface area (Å²) in [7, 11) is 0. The van der Waals surface area contributed by atoms with E-state index in [1.807, 2.05) is 37.3 Å². The van der Waals surface area contributed by atoms with Gasteiger partial charge in [0.2, 0.25) is 5.78 Å². The molecule has 0 atom stereocenters. The van der Waals surface area contributed by atoms with Gasteiger partial charge in [-0.25, -0.2) is 0 Å². The number of ether oxygens (including phenoxy) is 1. The highest BCUT2D eigenvalue weighted by molar-refractivity contribution is 6.05. The summed E-state index contributed by atoms with van der Waals surface area (Å²) in [6, 6.07) is 9.31. The Bertz CT molecular complexity index is 438. The summed E-state index contributed by atoms with van der Waals surface area (Å²) in [4.78, 5) is 22.4. The topological polar surface area (TPSA) is 43.4 Å². The Labute approximate surface area is 101 Å². The molecule has 0 aliphatic rings. The first-order valence-corrected chi connectivity index (χ1v) is 5.43. The van der Waals surface area contributed by atoms with Crippen LogP contribution in [0.1, 0.15) is 25.3 Å². The molecule has 0 spiro atoms. The van der Waals surface area contributed by atoms with Gasteiger partial charge in [0.05, 0.1) is 0 Å². The Balaban J connectivity index is 2.33. The molecule has 1 rings (SSSR count). The van der Waals surface area contributed by atoms with Crippen LogP contribution >= 0.6 is 0 Å². The molecular weight excluding hydrogens is 216 g/mol. The van der Waals surface area contributed by atoms with Crippen LogP contribution in [0.4, 0.5) is 0 Å². The van der Waals surface area contributed by atoms with Crippen LogP contribution in [0.15, 0.2) is 30.3 Å². The molecule has 0 aliphatic heterocycles. The fourth-order valence-corrected chi connectivity index (χ4v) is 1.15. The van der Waals surface area contributed by atoms with Crippen molar-refractivity contribution in [1.29, 1.82) is 0 Å². The number of benzene rings is 1. The Kier molecular flexibility index (Phi) is 5.53. The van der Waals surface area contributed by atoms with Crippen LogP contribution in [-0.2, 0) is 20.9 Å². The SMILES string of the molecule is CCC#CC(=O)CC(=O)OCc1ccccc1. The number of Topliss-reactive ketones (excluding diaryl/α,β-unsaturated/α-hetero) is 1. The Morgan fingerprint density at radius 2 is 1.94 bits per heavy atom. The summed E-state index contributed by atoms with van der Waals surface area (Å²) in [5.41, 5.74) is 0.896. The second kappa shape index (κ2) is 7.24. The minimum atomic E-state index is -0.538. The Morgan fingerprint density at radius 3 is 2.59 bits per heavy atom.